The third-order valence-electron chi connectivity index (χ3n) is 5.77. The van der Waals surface area contributed by atoms with Gasteiger partial charge in [-0.25, -0.2) is 0 Å². The smallest absolute Gasteiger partial charge is 0.256 e. The summed E-state index contributed by atoms with van der Waals surface area (Å²) < 4.78 is 0. The first-order chi connectivity index (χ1) is 15.9. The molecule has 3 aromatic carbocycles. The molecule has 0 bridgehead atoms. The highest BCUT2D eigenvalue weighted by Gasteiger charge is 2.17. The fraction of sp³-hybridized carbons (Fsp3) is 0.143. The number of nitrogens with one attached hydrogen (secondary N) is 1. The van der Waals surface area contributed by atoms with Crippen molar-refractivity contribution in [3.05, 3.63) is 100 Å². The maximum atomic E-state index is 13.4. The number of aromatic nitrogens is 1. The summed E-state index contributed by atoms with van der Waals surface area (Å²) in [5, 5.41) is 3.64. The van der Waals surface area contributed by atoms with Crippen molar-refractivity contribution in [3.8, 4) is 22.4 Å². The molecule has 0 spiro atoms. The van der Waals surface area contributed by atoms with Crippen molar-refractivity contribution in [1.82, 2.24) is 4.98 Å². The number of rotatable bonds is 5. The minimum atomic E-state index is -0.162. The van der Waals surface area contributed by atoms with Crippen molar-refractivity contribution >= 4 is 35.0 Å². The number of benzene rings is 3. The second kappa shape index (κ2) is 9.82. The van der Waals surface area contributed by atoms with Crippen LogP contribution in [0.5, 0.6) is 0 Å². The van der Waals surface area contributed by atoms with Crippen LogP contribution in [0.2, 0.25) is 5.02 Å². The van der Waals surface area contributed by atoms with E-state index in [4.69, 9.17) is 11.6 Å². The van der Waals surface area contributed by atoms with Crippen LogP contribution in [0.15, 0.2) is 77.8 Å². The van der Waals surface area contributed by atoms with Crippen LogP contribution in [0.3, 0.4) is 0 Å². The minimum Gasteiger partial charge on any atom is -0.322 e. The van der Waals surface area contributed by atoms with E-state index in [1.807, 2.05) is 48.7 Å². The second-order valence-electron chi connectivity index (χ2n) is 8.03. The Balaban J connectivity index is 1.74. The van der Waals surface area contributed by atoms with E-state index in [1.165, 1.54) is 11.1 Å². The molecular weight excluding hydrogens is 448 g/mol. The van der Waals surface area contributed by atoms with E-state index in [1.54, 1.807) is 24.0 Å². The van der Waals surface area contributed by atoms with Crippen molar-refractivity contribution in [2.24, 2.45) is 0 Å². The normalized spacial score (nSPS) is 10.8. The Bertz CT molecular complexity index is 1340. The molecule has 33 heavy (non-hydrogen) atoms. The second-order valence-corrected chi connectivity index (χ2v) is 9.31. The molecule has 1 amide bonds. The van der Waals surface area contributed by atoms with E-state index < -0.39 is 0 Å². The van der Waals surface area contributed by atoms with E-state index >= 15 is 0 Å². The van der Waals surface area contributed by atoms with E-state index in [9.17, 15) is 4.79 Å². The van der Waals surface area contributed by atoms with Crippen LogP contribution in [-0.2, 0) is 0 Å². The van der Waals surface area contributed by atoms with Crippen molar-refractivity contribution in [3.63, 3.8) is 0 Å². The van der Waals surface area contributed by atoms with Gasteiger partial charge in [-0.1, -0.05) is 29.8 Å². The number of hydrogen-bond donors (Lipinski definition) is 1. The van der Waals surface area contributed by atoms with Gasteiger partial charge in [0.1, 0.15) is 0 Å². The number of carbonyl (C=O) groups is 1. The summed E-state index contributed by atoms with van der Waals surface area (Å²) in [6, 6.07) is 21.5. The maximum absolute atomic E-state index is 13.4. The molecule has 1 heterocycles. The largest absolute Gasteiger partial charge is 0.322 e. The molecule has 1 aromatic heterocycles. The van der Waals surface area contributed by atoms with Crippen LogP contribution >= 0.6 is 23.4 Å². The minimum absolute atomic E-state index is 0.162. The average Bonchev–Trinajstić information content (AvgIpc) is 2.82. The van der Waals surface area contributed by atoms with Gasteiger partial charge in [-0.15, -0.1) is 11.8 Å². The first-order valence-electron chi connectivity index (χ1n) is 10.7. The number of hydrogen-bond acceptors (Lipinski definition) is 3. The van der Waals surface area contributed by atoms with Gasteiger partial charge in [0.25, 0.3) is 5.91 Å². The molecule has 5 heteroatoms. The number of pyridine rings is 1. The van der Waals surface area contributed by atoms with Gasteiger partial charge in [-0.05, 0) is 103 Å². The molecule has 0 saturated heterocycles. The molecule has 4 rings (SSSR count). The maximum Gasteiger partial charge on any atom is 0.256 e. The van der Waals surface area contributed by atoms with E-state index in [-0.39, 0.29) is 5.91 Å². The Morgan fingerprint density at radius 3 is 2.36 bits per heavy atom. The van der Waals surface area contributed by atoms with E-state index in [2.05, 4.69) is 49.3 Å². The van der Waals surface area contributed by atoms with Crippen LogP contribution in [-0.4, -0.2) is 17.1 Å². The van der Waals surface area contributed by atoms with Crippen LogP contribution in [0.25, 0.3) is 22.4 Å². The lowest BCUT2D eigenvalue weighted by Gasteiger charge is -2.16. The molecular formula is C28H25ClN2OS. The predicted octanol–water partition coefficient (Wildman–Crippen LogP) is 7.97. The first kappa shape index (κ1) is 23.1. The zero-order chi connectivity index (χ0) is 23.5. The van der Waals surface area contributed by atoms with Gasteiger partial charge in [0.2, 0.25) is 0 Å². The Hall–Kier alpha value is -3.08. The Labute approximate surface area is 204 Å². The van der Waals surface area contributed by atoms with Gasteiger partial charge in [0, 0.05) is 27.9 Å². The summed E-state index contributed by atoms with van der Waals surface area (Å²) in [5.41, 5.74) is 8.43. The number of anilines is 1. The SMILES string of the molecule is CSc1ccc(C(=O)Nc2ccc(Cl)c(-c3ccccn3)c2)c(-c2cc(C)c(C)cc2C)c1. The summed E-state index contributed by atoms with van der Waals surface area (Å²) in [4.78, 5) is 18.9. The summed E-state index contributed by atoms with van der Waals surface area (Å²) in [6.07, 6.45) is 3.77. The quantitative estimate of drug-likeness (QED) is 0.299. The lowest BCUT2D eigenvalue weighted by atomic mass is 9.92. The van der Waals surface area contributed by atoms with Crippen molar-refractivity contribution in [1.29, 1.82) is 0 Å². The zero-order valence-corrected chi connectivity index (χ0v) is 20.6. The van der Waals surface area contributed by atoms with Crippen LogP contribution in [0.1, 0.15) is 27.0 Å². The fourth-order valence-electron chi connectivity index (χ4n) is 3.84. The van der Waals surface area contributed by atoms with Crippen molar-refractivity contribution in [2.75, 3.05) is 11.6 Å². The van der Waals surface area contributed by atoms with Gasteiger partial charge in [-0.3, -0.25) is 9.78 Å². The molecule has 0 unspecified atom stereocenters. The van der Waals surface area contributed by atoms with Gasteiger partial charge in [-0.2, -0.15) is 0 Å². The molecule has 1 N–H and O–H groups in total. The van der Waals surface area contributed by atoms with Crippen molar-refractivity contribution in [2.45, 2.75) is 25.7 Å². The molecule has 4 aromatic rings. The molecule has 0 aliphatic heterocycles. The number of thioether (sulfide) groups is 1. The van der Waals surface area contributed by atoms with Gasteiger partial charge in [0.05, 0.1) is 10.7 Å². The molecule has 0 aliphatic rings. The third kappa shape index (κ3) is 4.97. The summed E-state index contributed by atoms with van der Waals surface area (Å²) in [7, 11) is 0. The van der Waals surface area contributed by atoms with Crippen LogP contribution < -0.4 is 5.32 Å². The number of carbonyl (C=O) groups excluding carboxylic acids is 1. The Morgan fingerprint density at radius 2 is 1.64 bits per heavy atom. The summed E-state index contributed by atoms with van der Waals surface area (Å²) in [5.74, 6) is -0.162. The van der Waals surface area contributed by atoms with E-state index in [0.717, 1.165) is 32.8 Å². The number of aryl methyl sites for hydroxylation is 3. The molecule has 3 nitrogen and oxygen atoms in total. The Morgan fingerprint density at radius 1 is 0.848 bits per heavy atom. The summed E-state index contributed by atoms with van der Waals surface area (Å²) >= 11 is 8.08. The lowest BCUT2D eigenvalue weighted by molar-refractivity contribution is 0.102. The highest BCUT2D eigenvalue weighted by atomic mass is 35.5. The average molecular weight is 473 g/mol. The van der Waals surface area contributed by atoms with Gasteiger partial charge >= 0.3 is 0 Å². The number of nitrogens with zero attached hydrogens (tertiary/aromatic N) is 1. The molecule has 0 atom stereocenters. The topological polar surface area (TPSA) is 42.0 Å². The predicted molar refractivity (Wildman–Crippen MR) is 141 cm³/mol. The molecule has 166 valence electrons. The van der Waals surface area contributed by atoms with Gasteiger partial charge in [0.15, 0.2) is 0 Å². The third-order valence-corrected chi connectivity index (χ3v) is 6.82. The van der Waals surface area contributed by atoms with Crippen LogP contribution in [0.4, 0.5) is 5.69 Å². The van der Waals surface area contributed by atoms with E-state index in [0.29, 0.717) is 16.3 Å². The standard InChI is InChI=1S/C28H25ClN2OS/c1-17-13-19(3)23(14-18(17)2)24-16-21(33-4)9-10-22(24)28(32)31-20-8-11-26(29)25(15-20)27-7-5-6-12-30-27/h5-16H,1-4H3,(H,31,32). The number of halogens is 1. The molecule has 0 aliphatic carbocycles. The van der Waals surface area contributed by atoms with Crippen molar-refractivity contribution < 1.29 is 4.79 Å². The Kier molecular flexibility index (Phi) is 6.87. The number of amides is 1. The zero-order valence-electron chi connectivity index (χ0n) is 19.1. The molecule has 0 saturated carbocycles. The van der Waals surface area contributed by atoms with Gasteiger partial charge < -0.3 is 5.32 Å². The van der Waals surface area contributed by atoms with Crippen LogP contribution in [0, 0.1) is 20.8 Å². The highest BCUT2D eigenvalue weighted by Crippen LogP contribution is 2.34. The first-order valence-corrected chi connectivity index (χ1v) is 12.3. The monoisotopic (exact) mass is 472 g/mol. The fourth-order valence-corrected chi connectivity index (χ4v) is 4.50. The molecule has 0 radical (unpaired) electrons. The molecule has 0 fully saturated rings. The lowest BCUT2D eigenvalue weighted by Crippen LogP contribution is -2.13. The summed E-state index contributed by atoms with van der Waals surface area (Å²) in [6.45, 7) is 6.30. The highest BCUT2D eigenvalue weighted by molar-refractivity contribution is 7.98.